The second kappa shape index (κ2) is 3.72. The first-order valence-electron chi connectivity index (χ1n) is 3.94. The van der Waals surface area contributed by atoms with E-state index < -0.39 is 11.5 Å². The summed E-state index contributed by atoms with van der Waals surface area (Å²) in [6, 6.07) is 0. The van der Waals surface area contributed by atoms with E-state index in [9.17, 15) is 9.90 Å². The van der Waals surface area contributed by atoms with Gasteiger partial charge in [0.05, 0.1) is 0 Å². The minimum absolute atomic E-state index is 0.285. The Morgan fingerprint density at radius 2 is 2.09 bits per heavy atom. The summed E-state index contributed by atoms with van der Waals surface area (Å²) in [7, 11) is 0. The second-order valence-corrected chi connectivity index (χ2v) is 3.35. The smallest absolute Gasteiger partial charge is 0.249 e. The van der Waals surface area contributed by atoms with Gasteiger partial charge in [-0.3, -0.25) is 4.79 Å². The Labute approximate surface area is 67.6 Å². The molecule has 0 bridgehead atoms. The van der Waals surface area contributed by atoms with E-state index in [0.717, 1.165) is 0 Å². The van der Waals surface area contributed by atoms with Crippen molar-refractivity contribution in [3.05, 3.63) is 0 Å². The zero-order chi connectivity index (χ0) is 9.07. The molecule has 3 N–H and O–H groups in total. The number of hydrogen-bond donors (Lipinski definition) is 2. The van der Waals surface area contributed by atoms with Gasteiger partial charge < -0.3 is 10.8 Å². The van der Waals surface area contributed by atoms with Crippen molar-refractivity contribution in [3.8, 4) is 0 Å². The van der Waals surface area contributed by atoms with Gasteiger partial charge in [-0.05, 0) is 18.8 Å². The fourth-order valence-electron chi connectivity index (χ4n) is 1.09. The standard InChI is InChI=1S/C8H17NO2/c1-4-8(11,7(9)10)5-6(2)3/h6,11H,4-5H2,1-3H3,(H2,9,10)/t8-/m1/s1. The molecule has 0 aliphatic carbocycles. The van der Waals surface area contributed by atoms with E-state index in [-0.39, 0.29) is 5.92 Å². The maximum absolute atomic E-state index is 10.8. The summed E-state index contributed by atoms with van der Waals surface area (Å²) in [5, 5.41) is 9.59. The molecule has 0 rings (SSSR count). The van der Waals surface area contributed by atoms with E-state index in [0.29, 0.717) is 12.8 Å². The van der Waals surface area contributed by atoms with E-state index in [1.165, 1.54) is 0 Å². The number of carbonyl (C=O) groups excluding carboxylic acids is 1. The van der Waals surface area contributed by atoms with Gasteiger partial charge in [0.2, 0.25) is 5.91 Å². The molecule has 0 heterocycles. The lowest BCUT2D eigenvalue weighted by molar-refractivity contribution is -0.138. The summed E-state index contributed by atoms with van der Waals surface area (Å²) in [5.74, 6) is -0.332. The van der Waals surface area contributed by atoms with Crippen LogP contribution < -0.4 is 5.73 Å². The molecule has 0 aromatic heterocycles. The van der Waals surface area contributed by atoms with Crippen molar-refractivity contribution in [1.29, 1.82) is 0 Å². The Morgan fingerprint density at radius 1 is 1.64 bits per heavy atom. The predicted octanol–water partition coefficient (Wildman–Crippen LogP) is 0.659. The zero-order valence-electron chi connectivity index (χ0n) is 7.42. The quantitative estimate of drug-likeness (QED) is 0.633. The maximum atomic E-state index is 10.8. The average molecular weight is 159 g/mol. The molecule has 3 heteroatoms. The van der Waals surface area contributed by atoms with E-state index >= 15 is 0 Å². The number of aliphatic hydroxyl groups is 1. The van der Waals surface area contributed by atoms with Gasteiger partial charge in [0.15, 0.2) is 0 Å². The highest BCUT2D eigenvalue weighted by atomic mass is 16.3. The number of hydrogen-bond acceptors (Lipinski definition) is 2. The van der Waals surface area contributed by atoms with Gasteiger partial charge >= 0.3 is 0 Å². The van der Waals surface area contributed by atoms with Crippen molar-refractivity contribution >= 4 is 5.91 Å². The Balaban J connectivity index is 4.22. The van der Waals surface area contributed by atoms with Crippen molar-refractivity contribution in [2.24, 2.45) is 11.7 Å². The number of nitrogens with two attached hydrogens (primary N) is 1. The predicted molar refractivity (Wildman–Crippen MR) is 43.9 cm³/mol. The minimum Gasteiger partial charge on any atom is -0.380 e. The van der Waals surface area contributed by atoms with Crippen LogP contribution in [0.1, 0.15) is 33.6 Å². The summed E-state index contributed by atoms with van der Waals surface area (Å²) >= 11 is 0. The highest BCUT2D eigenvalue weighted by Gasteiger charge is 2.31. The Kier molecular flexibility index (Phi) is 3.52. The Hall–Kier alpha value is -0.570. The molecule has 0 fully saturated rings. The van der Waals surface area contributed by atoms with Crippen molar-refractivity contribution in [2.75, 3.05) is 0 Å². The third kappa shape index (κ3) is 2.89. The van der Waals surface area contributed by atoms with Crippen molar-refractivity contribution in [1.82, 2.24) is 0 Å². The zero-order valence-corrected chi connectivity index (χ0v) is 7.42. The van der Waals surface area contributed by atoms with Crippen LogP contribution in [0.3, 0.4) is 0 Å². The van der Waals surface area contributed by atoms with Crippen molar-refractivity contribution < 1.29 is 9.90 Å². The lowest BCUT2D eigenvalue weighted by Gasteiger charge is -2.24. The van der Waals surface area contributed by atoms with E-state index in [4.69, 9.17) is 5.73 Å². The van der Waals surface area contributed by atoms with Crippen LogP contribution in [0.4, 0.5) is 0 Å². The number of primary amides is 1. The van der Waals surface area contributed by atoms with Gasteiger partial charge in [0, 0.05) is 0 Å². The molecule has 3 nitrogen and oxygen atoms in total. The van der Waals surface area contributed by atoms with Crippen molar-refractivity contribution in [3.63, 3.8) is 0 Å². The van der Waals surface area contributed by atoms with Gasteiger partial charge in [0.1, 0.15) is 5.60 Å². The first-order valence-corrected chi connectivity index (χ1v) is 3.94. The van der Waals surface area contributed by atoms with Crippen LogP contribution in [0, 0.1) is 5.92 Å². The third-order valence-electron chi connectivity index (χ3n) is 1.79. The average Bonchev–Trinajstić information content (AvgIpc) is 1.86. The highest BCUT2D eigenvalue weighted by molar-refractivity contribution is 5.83. The van der Waals surface area contributed by atoms with Crippen LogP contribution >= 0.6 is 0 Å². The second-order valence-electron chi connectivity index (χ2n) is 3.35. The molecule has 11 heavy (non-hydrogen) atoms. The summed E-state index contributed by atoms with van der Waals surface area (Å²) in [4.78, 5) is 10.8. The van der Waals surface area contributed by atoms with Gasteiger partial charge in [-0.25, -0.2) is 0 Å². The molecular formula is C8H17NO2. The van der Waals surface area contributed by atoms with Gasteiger partial charge in [-0.1, -0.05) is 20.8 Å². The van der Waals surface area contributed by atoms with Crippen LogP contribution in [-0.2, 0) is 4.79 Å². The molecule has 0 aliphatic rings. The highest BCUT2D eigenvalue weighted by Crippen LogP contribution is 2.19. The number of carbonyl (C=O) groups is 1. The summed E-state index contributed by atoms with van der Waals surface area (Å²) in [6.07, 6.45) is 0.833. The van der Waals surface area contributed by atoms with E-state index in [1.54, 1.807) is 6.92 Å². The van der Waals surface area contributed by atoms with Crippen LogP contribution in [0.2, 0.25) is 0 Å². The molecule has 0 saturated carbocycles. The number of rotatable bonds is 4. The molecule has 1 atom stereocenters. The number of amides is 1. The van der Waals surface area contributed by atoms with Crippen LogP contribution in [0.5, 0.6) is 0 Å². The van der Waals surface area contributed by atoms with E-state index in [2.05, 4.69) is 0 Å². The van der Waals surface area contributed by atoms with Crippen LogP contribution in [-0.4, -0.2) is 16.6 Å². The molecule has 0 aromatic carbocycles. The molecule has 66 valence electrons. The Bertz CT molecular complexity index is 145. The molecule has 0 radical (unpaired) electrons. The summed E-state index contributed by atoms with van der Waals surface area (Å²) in [5.41, 5.74) is 3.74. The fourth-order valence-corrected chi connectivity index (χ4v) is 1.09. The van der Waals surface area contributed by atoms with Crippen LogP contribution in [0.25, 0.3) is 0 Å². The Morgan fingerprint density at radius 3 is 2.18 bits per heavy atom. The lowest BCUT2D eigenvalue weighted by atomic mass is 9.89. The van der Waals surface area contributed by atoms with E-state index in [1.807, 2.05) is 13.8 Å². The van der Waals surface area contributed by atoms with Crippen LogP contribution in [0.15, 0.2) is 0 Å². The fraction of sp³-hybridized carbons (Fsp3) is 0.875. The molecule has 0 aliphatic heterocycles. The maximum Gasteiger partial charge on any atom is 0.249 e. The molecule has 0 saturated heterocycles. The normalized spacial score (nSPS) is 16.5. The summed E-state index contributed by atoms with van der Waals surface area (Å²) in [6.45, 7) is 5.65. The monoisotopic (exact) mass is 159 g/mol. The molecular weight excluding hydrogens is 142 g/mol. The van der Waals surface area contributed by atoms with Gasteiger partial charge in [-0.2, -0.15) is 0 Å². The van der Waals surface area contributed by atoms with Crippen molar-refractivity contribution in [2.45, 2.75) is 39.2 Å². The largest absolute Gasteiger partial charge is 0.380 e. The minimum atomic E-state index is -1.30. The molecule has 1 amide bonds. The summed E-state index contributed by atoms with van der Waals surface area (Å²) < 4.78 is 0. The van der Waals surface area contributed by atoms with Gasteiger partial charge in [-0.15, -0.1) is 0 Å². The molecule has 0 unspecified atom stereocenters. The first kappa shape index (κ1) is 10.4. The molecule has 0 aromatic rings. The third-order valence-corrected chi connectivity index (χ3v) is 1.79. The van der Waals surface area contributed by atoms with Gasteiger partial charge in [0.25, 0.3) is 0 Å². The SMILES string of the molecule is CC[C@@](O)(CC(C)C)C(N)=O. The first-order chi connectivity index (χ1) is 4.92. The lowest BCUT2D eigenvalue weighted by Crippen LogP contribution is -2.44. The molecule has 0 spiro atoms. The topological polar surface area (TPSA) is 63.3 Å².